The van der Waals surface area contributed by atoms with Crippen LogP contribution in [0.15, 0.2) is 23.1 Å². The molecule has 0 aliphatic rings. The van der Waals surface area contributed by atoms with Crippen LogP contribution in [-0.2, 0) is 6.42 Å². The Hall–Kier alpha value is -1.82. The molecule has 0 aliphatic heterocycles. The molecule has 6 nitrogen and oxygen atoms in total. The molecule has 96 valence electrons. The molecule has 0 saturated carbocycles. The van der Waals surface area contributed by atoms with Crippen molar-refractivity contribution in [2.24, 2.45) is 5.92 Å². The van der Waals surface area contributed by atoms with Gasteiger partial charge in [-0.2, -0.15) is 4.98 Å². The molecule has 2 rings (SSSR count). The second kappa shape index (κ2) is 5.68. The van der Waals surface area contributed by atoms with E-state index in [1.54, 1.807) is 12.3 Å². The summed E-state index contributed by atoms with van der Waals surface area (Å²) in [6.45, 7) is 4.31. The highest BCUT2D eigenvalue weighted by Gasteiger charge is 2.17. The summed E-state index contributed by atoms with van der Waals surface area (Å²) in [4.78, 5) is 12.3. The van der Waals surface area contributed by atoms with Crippen LogP contribution in [-0.4, -0.2) is 33.2 Å². The highest BCUT2D eigenvalue weighted by atomic mass is 16.5. The molecular formula is C12H17N5O. The van der Waals surface area contributed by atoms with Gasteiger partial charge in [-0.15, -0.1) is 0 Å². The van der Waals surface area contributed by atoms with E-state index in [2.05, 4.69) is 39.3 Å². The van der Waals surface area contributed by atoms with E-state index in [9.17, 15) is 0 Å². The van der Waals surface area contributed by atoms with Gasteiger partial charge in [0.1, 0.15) is 12.0 Å². The zero-order valence-electron chi connectivity index (χ0n) is 10.8. The van der Waals surface area contributed by atoms with Crippen LogP contribution in [0.4, 0.5) is 0 Å². The first-order valence-corrected chi connectivity index (χ1v) is 5.97. The van der Waals surface area contributed by atoms with E-state index in [0.29, 0.717) is 35.8 Å². The van der Waals surface area contributed by atoms with Gasteiger partial charge >= 0.3 is 0 Å². The van der Waals surface area contributed by atoms with E-state index in [1.807, 2.05) is 7.05 Å². The number of nitrogens with one attached hydrogen (secondary N) is 1. The third-order valence-corrected chi connectivity index (χ3v) is 2.85. The van der Waals surface area contributed by atoms with Gasteiger partial charge in [-0.1, -0.05) is 19.0 Å². The van der Waals surface area contributed by atoms with Crippen molar-refractivity contribution in [2.45, 2.75) is 26.3 Å². The van der Waals surface area contributed by atoms with Crippen molar-refractivity contribution >= 4 is 0 Å². The summed E-state index contributed by atoms with van der Waals surface area (Å²) in [5.74, 6) is 1.63. The Labute approximate surface area is 106 Å². The molecule has 2 aromatic rings. The molecule has 0 amide bonds. The summed E-state index contributed by atoms with van der Waals surface area (Å²) in [6.07, 6.45) is 3.84. The number of rotatable bonds is 5. The van der Waals surface area contributed by atoms with Crippen molar-refractivity contribution in [1.29, 1.82) is 0 Å². The number of aromatic nitrogens is 4. The Balaban J connectivity index is 2.11. The summed E-state index contributed by atoms with van der Waals surface area (Å²) in [7, 11) is 1.94. The maximum absolute atomic E-state index is 5.24. The van der Waals surface area contributed by atoms with E-state index in [0.717, 1.165) is 0 Å². The average Bonchev–Trinajstić information content (AvgIpc) is 2.85. The largest absolute Gasteiger partial charge is 0.339 e. The second-order valence-electron chi connectivity index (χ2n) is 4.45. The van der Waals surface area contributed by atoms with Crippen LogP contribution in [0.1, 0.15) is 19.7 Å². The van der Waals surface area contributed by atoms with Crippen LogP contribution in [0.5, 0.6) is 0 Å². The quantitative estimate of drug-likeness (QED) is 0.858. The summed E-state index contributed by atoms with van der Waals surface area (Å²) in [6, 6.07) is 2.08. The standard InChI is InChI=1S/C12H17N5O/c1-8(2)10(13-3)6-11-16-12(17-18-11)9-4-5-14-7-15-9/h4-5,7-8,10,13H,6H2,1-3H3. The Bertz CT molecular complexity index is 482. The van der Waals surface area contributed by atoms with Gasteiger partial charge in [0.15, 0.2) is 0 Å². The van der Waals surface area contributed by atoms with E-state index >= 15 is 0 Å². The molecule has 2 aromatic heterocycles. The molecule has 1 N–H and O–H groups in total. The number of hydrogen-bond acceptors (Lipinski definition) is 6. The highest BCUT2D eigenvalue weighted by molar-refractivity contribution is 5.46. The minimum absolute atomic E-state index is 0.323. The lowest BCUT2D eigenvalue weighted by molar-refractivity contribution is 0.335. The monoisotopic (exact) mass is 247 g/mol. The fraction of sp³-hybridized carbons (Fsp3) is 0.500. The summed E-state index contributed by atoms with van der Waals surface area (Å²) < 4.78 is 5.24. The summed E-state index contributed by atoms with van der Waals surface area (Å²) >= 11 is 0. The van der Waals surface area contributed by atoms with Crippen molar-refractivity contribution in [2.75, 3.05) is 7.05 Å². The molecule has 6 heteroatoms. The summed E-state index contributed by atoms with van der Waals surface area (Å²) in [5, 5.41) is 7.17. The molecule has 0 saturated heterocycles. The van der Waals surface area contributed by atoms with Crippen LogP contribution in [0.25, 0.3) is 11.5 Å². The lowest BCUT2D eigenvalue weighted by Crippen LogP contribution is -2.32. The maximum atomic E-state index is 5.24. The molecule has 0 bridgehead atoms. The topological polar surface area (TPSA) is 76.7 Å². The van der Waals surface area contributed by atoms with Crippen molar-refractivity contribution in [3.05, 3.63) is 24.5 Å². The molecule has 1 unspecified atom stereocenters. The molecule has 1 atom stereocenters. The normalized spacial score (nSPS) is 12.9. The average molecular weight is 247 g/mol. The first-order valence-electron chi connectivity index (χ1n) is 5.97. The molecule has 0 radical (unpaired) electrons. The zero-order chi connectivity index (χ0) is 13.0. The van der Waals surface area contributed by atoms with E-state index in [-0.39, 0.29) is 0 Å². The smallest absolute Gasteiger partial charge is 0.228 e. The fourth-order valence-corrected chi connectivity index (χ4v) is 1.72. The Kier molecular flexibility index (Phi) is 3.99. The predicted molar refractivity (Wildman–Crippen MR) is 66.7 cm³/mol. The van der Waals surface area contributed by atoms with Crippen LogP contribution in [0.2, 0.25) is 0 Å². The third kappa shape index (κ3) is 2.89. The molecule has 2 heterocycles. The van der Waals surface area contributed by atoms with Gasteiger partial charge in [-0.25, -0.2) is 9.97 Å². The number of hydrogen-bond donors (Lipinski definition) is 1. The van der Waals surface area contributed by atoms with Crippen LogP contribution in [0, 0.1) is 5.92 Å². The van der Waals surface area contributed by atoms with Gasteiger partial charge in [-0.05, 0) is 19.0 Å². The number of likely N-dealkylation sites (N-methyl/N-ethyl adjacent to an activating group) is 1. The van der Waals surface area contributed by atoms with Gasteiger partial charge in [-0.3, -0.25) is 0 Å². The Morgan fingerprint density at radius 3 is 2.83 bits per heavy atom. The zero-order valence-corrected chi connectivity index (χ0v) is 10.8. The second-order valence-corrected chi connectivity index (χ2v) is 4.45. The first-order chi connectivity index (χ1) is 8.70. The highest BCUT2D eigenvalue weighted by Crippen LogP contribution is 2.14. The molecule has 18 heavy (non-hydrogen) atoms. The van der Waals surface area contributed by atoms with E-state index < -0.39 is 0 Å². The molecule has 0 aromatic carbocycles. The minimum atomic E-state index is 0.323. The Morgan fingerprint density at radius 2 is 2.22 bits per heavy atom. The van der Waals surface area contributed by atoms with Crippen LogP contribution >= 0.6 is 0 Å². The lowest BCUT2D eigenvalue weighted by atomic mass is 10.0. The third-order valence-electron chi connectivity index (χ3n) is 2.85. The minimum Gasteiger partial charge on any atom is -0.339 e. The summed E-state index contributed by atoms with van der Waals surface area (Å²) in [5.41, 5.74) is 0.672. The molecule has 0 aliphatic carbocycles. The maximum Gasteiger partial charge on any atom is 0.228 e. The first kappa shape index (κ1) is 12.6. The van der Waals surface area contributed by atoms with Crippen LogP contribution in [0.3, 0.4) is 0 Å². The van der Waals surface area contributed by atoms with Gasteiger partial charge < -0.3 is 9.84 Å². The van der Waals surface area contributed by atoms with Crippen LogP contribution < -0.4 is 5.32 Å². The van der Waals surface area contributed by atoms with Crippen molar-refractivity contribution in [3.8, 4) is 11.5 Å². The van der Waals surface area contributed by atoms with E-state index in [1.165, 1.54) is 6.33 Å². The van der Waals surface area contributed by atoms with Crippen molar-refractivity contribution < 1.29 is 4.52 Å². The van der Waals surface area contributed by atoms with Gasteiger partial charge in [0, 0.05) is 18.7 Å². The van der Waals surface area contributed by atoms with Gasteiger partial charge in [0.05, 0.1) is 0 Å². The Morgan fingerprint density at radius 1 is 1.39 bits per heavy atom. The molecule has 0 spiro atoms. The van der Waals surface area contributed by atoms with Gasteiger partial charge in [0.2, 0.25) is 11.7 Å². The van der Waals surface area contributed by atoms with Crippen molar-refractivity contribution in [1.82, 2.24) is 25.4 Å². The molecular weight excluding hydrogens is 230 g/mol. The van der Waals surface area contributed by atoms with Gasteiger partial charge in [0.25, 0.3) is 0 Å². The molecule has 0 fully saturated rings. The van der Waals surface area contributed by atoms with Crippen molar-refractivity contribution in [3.63, 3.8) is 0 Å². The van der Waals surface area contributed by atoms with E-state index in [4.69, 9.17) is 4.52 Å². The predicted octanol–water partition coefficient (Wildman–Crippen LogP) is 1.31. The lowest BCUT2D eigenvalue weighted by Gasteiger charge is -2.17. The fourth-order valence-electron chi connectivity index (χ4n) is 1.72. The number of nitrogens with zero attached hydrogens (tertiary/aromatic N) is 4. The SMILES string of the molecule is CNC(Cc1nc(-c2ccncn2)no1)C(C)C.